The van der Waals surface area contributed by atoms with Crippen LogP contribution in [0.25, 0.3) is 0 Å². The molecular weight excluding hydrogens is 148 g/mol. The van der Waals surface area contributed by atoms with Crippen LogP contribution in [0.1, 0.15) is 52.4 Å². The third-order valence-corrected chi connectivity index (χ3v) is 3.07. The highest BCUT2D eigenvalue weighted by molar-refractivity contribution is 5.83. The quantitative estimate of drug-likeness (QED) is 0.589. The molecule has 0 aromatic heterocycles. The Balaban J connectivity index is 2.25. The minimum atomic E-state index is 0.413. The molecule has 0 spiro atoms. The molecule has 0 aromatic carbocycles. The van der Waals surface area contributed by atoms with Crippen LogP contribution in [0.2, 0.25) is 0 Å². The van der Waals surface area contributed by atoms with Crippen LogP contribution in [0, 0.1) is 11.8 Å². The van der Waals surface area contributed by atoms with Crippen LogP contribution in [0.15, 0.2) is 0 Å². The molecule has 1 aliphatic rings. The standard InChI is InChI=1S/C11H20O/c1-3-4-5-6-10-9(2)7-8-11(10)12/h9-10H,3-8H2,1-2H3/t9-,10+/m1/s1. The van der Waals surface area contributed by atoms with E-state index in [0.29, 0.717) is 17.6 Å². The van der Waals surface area contributed by atoms with E-state index in [-0.39, 0.29) is 0 Å². The number of carbonyl (C=O) groups is 1. The number of hydrogen-bond acceptors (Lipinski definition) is 1. The molecule has 1 fully saturated rings. The molecule has 70 valence electrons. The molecule has 0 amide bonds. The van der Waals surface area contributed by atoms with Crippen molar-refractivity contribution in [2.24, 2.45) is 11.8 Å². The molecule has 2 atom stereocenters. The van der Waals surface area contributed by atoms with Crippen molar-refractivity contribution >= 4 is 5.78 Å². The van der Waals surface area contributed by atoms with Crippen LogP contribution < -0.4 is 0 Å². The second-order valence-electron chi connectivity index (χ2n) is 4.08. The molecule has 1 aliphatic carbocycles. The minimum absolute atomic E-state index is 0.413. The zero-order valence-corrected chi connectivity index (χ0v) is 8.31. The van der Waals surface area contributed by atoms with E-state index in [4.69, 9.17) is 0 Å². The molecule has 1 nitrogen and oxygen atoms in total. The summed E-state index contributed by atoms with van der Waals surface area (Å²) in [6, 6.07) is 0. The molecule has 0 aliphatic heterocycles. The second kappa shape index (κ2) is 4.64. The van der Waals surface area contributed by atoms with Crippen molar-refractivity contribution < 1.29 is 4.79 Å². The summed E-state index contributed by atoms with van der Waals surface area (Å²) in [6.45, 7) is 4.43. The molecule has 0 heterocycles. The van der Waals surface area contributed by atoms with Crippen molar-refractivity contribution in [1.29, 1.82) is 0 Å². The van der Waals surface area contributed by atoms with Crippen LogP contribution in [0.3, 0.4) is 0 Å². The summed E-state index contributed by atoms with van der Waals surface area (Å²) in [7, 11) is 0. The monoisotopic (exact) mass is 168 g/mol. The molecule has 0 saturated heterocycles. The first-order chi connectivity index (χ1) is 5.75. The fourth-order valence-corrected chi connectivity index (χ4v) is 2.13. The van der Waals surface area contributed by atoms with Gasteiger partial charge in [0.25, 0.3) is 0 Å². The highest BCUT2D eigenvalue weighted by Crippen LogP contribution is 2.31. The van der Waals surface area contributed by atoms with Crippen LogP contribution in [-0.4, -0.2) is 5.78 Å². The molecule has 1 rings (SSSR count). The molecule has 0 aromatic rings. The van der Waals surface area contributed by atoms with E-state index in [1.807, 2.05) is 0 Å². The SMILES string of the molecule is CCCCC[C@@H]1C(=O)CC[C@H]1C. The zero-order valence-electron chi connectivity index (χ0n) is 8.31. The lowest BCUT2D eigenvalue weighted by molar-refractivity contribution is -0.121. The Morgan fingerprint density at radius 2 is 2.17 bits per heavy atom. The van der Waals surface area contributed by atoms with Gasteiger partial charge in [-0.1, -0.05) is 33.1 Å². The van der Waals surface area contributed by atoms with Gasteiger partial charge in [0.1, 0.15) is 5.78 Å². The molecular formula is C11H20O. The minimum Gasteiger partial charge on any atom is -0.299 e. The molecule has 0 unspecified atom stereocenters. The van der Waals surface area contributed by atoms with E-state index in [9.17, 15) is 4.79 Å². The fourth-order valence-electron chi connectivity index (χ4n) is 2.13. The second-order valence-corrected chi connectivity index (χ2v) is 4.08. The predicted molar refractivity (Wildman–Crippen MR) is 51.0 cm³/mol. The Kier molecular flexibility index (Phi) is 3.77. The van der Waals surface area contributed by atoms with E-state index in [1.54, 1.807) is 0 Å². The van der Waals surface area contributed by atoms with Gasteiger partial charge < -0.3 is 0 Å². The Labute approximate surface area is 75.5 Å². The van der Waals surface area contributed by atoms with Crippen LogP contribution in [0.4, 0.5) is 0 Å². The van der Waals surface area contributed by atoms with Gasteiger partial charge in [-0.3, -0.25) is 4.79 Å². The van der Waals surface area contributed by atoms with Gasteiger partial charge in [0.15, 0.2) is 0 Å². The first-order valence-corrected chi connectivity index (χ1v) is 5.28. The largest absolute Gasteiger partial charge is 0.299 e. The Morgan fingerprint density at radius 3 is 2.67 bits per heavy atom. The summed E-state index contributed by atoms with van der Waals surface area (Å²) in [5.41, 5.74) is 0. The van der Waals surface area contributed by atoms with Crippen LogP contribution in [-0.2, 0) is 4.79 Å². The van der Waals surface area contributed by atoms with Crippen molar-refractivity contribution in [2.45, 2.75) is 52.4 Å². The topological polar surface area (TPSA) is 17.1 Å². The van der Waals surface area contributed by atoms with Crippen LogP contribution >= 0.6 is 0 Å². The molecule has 1 heteroatoms. The molecule has 0 bridgehead atoms. The smallest absolute Gasteiger partial charge is 0.136 e. The maximum Gasteiger partial charge on any atom is 0.136 e. The number of hydrogen-bond donors (Lipinski definition) is 0. The summed E-state index contributed by atoms with van der Waals surface area (Å²) >= 11 is 0. The average Bonchev–Trinajstić information content (AvgIpc) is 2.35. The fraction of sp³-hybridized carbons (Fsp3) is 0.909. The lowest BCUT2D eigenvalue weighted by Crippen LogP contribution is -2.12. The number of Topliss-reactive ketones (excluding diaryl/α,β-unsaturated/α-hetero) is 1. The Morgan fingerprint density at radius 1 is 1.42 bits per heavy atom. The van der Waals surface area contributed by atoms with Crippen molar-refractivity contribution in [2.75, 3.05) is 0 Å². The van der Waals surface area contributed by atoms with Gasteiger partial charge in [-0.05, 0) is 18.8 Å². The number of carbonyl (C=O) groups excluding carboxylic acids is 1. The first kappa shape index (κ1) is 9.76. The highest BCUT2D eigenvalue weighted by atomic mass is 16.1. The molecule has 12 heavy (non-hydrogen) atoms. The van der Waals surface area contributed by atoms with Gasteiger partial charge in [-0.2, -0.15) is 0 Å². The van der Waals surface area contributed by atoms with Gasteiger partial charge in [-0.25, -0.2) is 0 Å². The first-order valence-electron chi connectivity index (χ1n) is 5.28. The van der Waals surface area contributed by atoms with Crippen molar-refractivity contribution in [1.82, 2.24) is 0 Å². The third-order valence-electron chi connectivity index (χ3n) is 3.07. The normalized spacial score (nSPS) is 29.7. The maximum atomic E-state index is 11.4. The van der Waals surface area contributed by atoms with Crippen molar-refractivity contribution in [3.05, 3.63) is 0 Å². The van der Waals surface area contributed by atoms with Gasteiger partial charge in [0.05, 0.1) is 0 Å². The van der Waals surface area contributed by atoms with E-state index < -0.39 is 0 Å². The van der Waals surface area contributed by atoms with Crippen molar-refractivity contribution in [3.8, 4) is 0 Å². The van der Waals surface area contributed by atoms with E-state index in [1.165, 1.54) is 19.3 Å². The van der Waals surface area contributed by atoms with Crippen molar-refractivity contribution in [3.63, 3.8) is 0 Å². The summed E-state index contributed by atoms with van der Waals surface area (Å²) in [5.74, 6) is 1.60. The van der Waals surface area contributed by atoms with E-state index >= 15 is 0 Å². The summed E-state index contributed by atoms with van der Waals surface area (Å²) < 4.78 is 0. The summed E-state index contributed by atoms with van der Waals surface area (Å²) in [5, 5.41) is 0. The van der Waals surface area contributed by atoms with Crippen LogP contribution in [0.5, 0.6) is 0 Å². The van der Waals surface area contributed by atoms with E-state index in [2.05, 4.69) is 13.8 Å². The summed E-state index contributed by atoms with van der Waals surface area (Å²) in [4.78, 5) is 11.4. The average molecular weight is 168 g/mol. The van der Waals surface area contributed by atoms with Gasteiger partial charge in [-0.15, -0.1) is 0 Å². The Bertz CT molecular complexity index is 151. The molecule has 0 N–H and O–H groups in total. The molecule has 0 radical (unpaired) electrons. The molecule has 1 saturated carbocycles. The lowest BCUT2D eigenvalue weighted by Gasteiger charge is -2.12. The highest BCUT2D eigenvalue weighted by Gasteiger charge is 2.30. The summed E-state index contributed by atoms with van der Waals surface area (Å²) in [6.07, 6.45) is 6.92. The third kappa shape index (κ3) is 2.33. The Hall–Kier alpha value is -0.330. The van der Waals surface area contributed by atoms with Gasteiger partial charge in [0.2, 0.25) is 0 Å². The maximum absolute atomic E-state index is 11.4. The zero-order chi connectivity index (χ0) is 8.97. The van der Waals surface area contributed by atoms with Gasteiger partial charge in [0, 0.05) is 12.3 Å². The van der Waals surface area contributed by atoms with Gasteiger partial charge >= 0.3 is 0 Å². The number of rotatable bonds is 4. The predicted octanol–water partition coefficient (Wildman–Crippen LogP) is 3.18. The number of unbranched alkanes of at least 4 members (excludes halogenated alkanes) is 2. The number of ketones is 1. The van der Waals surface area contributed by atoms with E-state index in [0.717, 1.165) is 19.3 Å². The lowest BCUT2D eigenvalue weighted by atomic mass is 9.92.